The topological polar surface area (TPSA) is 77.9 Å². The molecule has 0 aliphatic carbocycles. The van der Waals surface area contributed by atoms with Crippen LogP contribution in [0.15, 0.2) is 0 Å². The molecule has 0 aromatic heterocycles. The predicted octanol–water partition coefficient (Wildman–Crippen LogP) is 0.760. The molecule has 1 N–H and O–H groups in total. The first kappa shape index (κ1) is 15.4. The van der Waals surface area contributed by atoms with Crippen LogP contribution in [-0.4, -0.2) is 54.3 Å². The number of carbonyl (C=O) groups is 1. The van der Waals surface area contributed by atoms with Crippen molar-refractivity contribution in [1.29, 1.82) is 0 Å². The second-order valence-electron chi connectivity index (χ2n) is 5.43. The summed E-state index contributed by atoms with van der Waals surface area (Å²) in [4.78, 5) is 10.7. The van der Waals surface area contributed by atoms with Gasteiger partial charge in [0.2, 0.25) is 0 Å². The lowest BCUT2D eigenvalue weighted by Gasteiger charge is -2.39. The summed E-state index contributed by atoms with van der Waals surface area (Å²) in [6, 6.07) is 0. The minimum atomic E-state index is -3.65. The summed E-state index contributed by atoms with van der Waals surface area (Å²) in [6.45, 7) is 6.33. The lowest BCUT2D eigenvalue weighted by molar-refractivity contribution is -0.137. The first-order valence-corrected chi connectivity index (χ1v) is 7.56. The smallest absolute Gasteiger partial charge is 0.318 e. The van der Waals surface area contributed by atoms with Gasteiger partial charge in [-0.05, 0) is 18.3 Å². The fourth-order valence-corrected chi connectivity index (χ4v) is 4.04. The van der Waals surface area contributed by atoms with Gasteiger partial charge < -0.3 is 5.11 Å². The van der Waals surface area contributed by atoms with Gasteiger partial charge in [-0.25, -0.2) is 0 Å². The maximum atomic E-state index is 12.3. The molecule has 106 valence electrons. The van der Waals surface area contributed by atoms with Crippen molar-refractivity contribution in [2.75, 3.05) is 26.2 Å². The molecule has 0 spiro atoms. The monoisotopic (exact) mass is 278 g/mol. The van der Waals surface area contributed by atoms with Crippen LogP contribution in [0.2, 0.25) is 0 Å². The lowest BCUT2D eigenvalue weighted by atomic mass is 9.85. The molecule has 1 saturated heterocycles. The van der Waals surface area contributed by atoms with Gasteiger partial charge in [-0.15, -0.1) is 0 Å². The fourth-order valence-electron chi connectivity index (χ4n) is 2.24. The van der Waals surface area contributed by atoms with Crippen molar-refractivity contribution in [1.82, 2.24) is 8.61 Å². The molecule has 0 saturated carbocycles. The summed E-state index contributed by atoms with van der Waals surface area (Å²) in [5.74, 6) is -1.13. The average molecular weight is 278 g/mol. The van der Waals surface area contributed by atoms with Crippen LogP contribution in [0.25, 0.3) is 0 Å². The number of likely N-dealkylation sites (N-methyl/N-ethyl adjacent to an activating group) is 1. The van der Waals surface area contributed by atoms with Gasteiger partial charge in [0.1, 0.15) is 6.54 Å². The van der Waals surface area contributed by atoms with Gasteiger partial charge in [-0.2, -0.15) is 17.0 Å². The average Bonchev–Trinajstić information content (AvgIpc) is 2.24. The van der Waals surface area contributed by atoms with Crippen molar-refractivity contribution in [3.8, 4) is 0 Å². The third-order valence-electron chi connectivity index (χ3n) is 3.18. The molecule has 7 heteroatoms. The van der Waals surface area contributed by atoms with Crippen molar-refractivity contribution in [3.63, 3.8) is 0 Å². The van der Waals surface area contributed by atoms with E-state index in [4.69, 9.17) is 5.11 Å². The molecule has 1 aliphatic heterocycles. The van der Waals surface area contributed by atoms with Gasteiger partial charge in [-0.3, -0.25) is 4.79 Å². The Labute approximate surface area is 109 Å². The summed E-state index contributed by atoms with van der Waals surface area (Å²) >= 11 is 0. The van der Waals surface area contributed by atoms with E-state index >= 15 is 0 Å². The molecule has 1 aliphatic rings. The molecule has 1 heterocycles. The molecular weight excluding hydrogens is 256 g/mol. The predicted molar refractivity (Wildman–Crippen MR) is 68.4 cm³/mol. The highest BCUT2D eigenvalue weighted by Gasteiger charge is 2.36. The number of carboxylic acid groups (broad SMARTS) is 1. The number of aliphatic carboxylic acids is 1. The summed E-state index contributed by atoms with van der Waals surface area (Å²) in [5.41, 5.74) is -0.0477. The Morgan fingerprint density at radius 3 is 2.50 bits per heavy atom. The highest BCUT2D eigenvalue weighted by atomic mass is 32.2. The first-order valence-electron chi connectivity index (χ1n) is 6.16. The summed E-state index contributed by atoms with van der Waals surface area (Å²) in [7, 11) is -3.65. The highest BCUT2D eigenvalue weighted by Crippen LogP contribution is 2.30. The molecule has 0 bridgehead atoms. The number of piperidine rings is 1. The second-order valence-corrected chi connectivity index (χ2v) is 7.36. The van der Waals surface area contributed by atoms with Crippen LogP contribution < -0.4 is 0 Å². The summed E-state index contributed by atoms with van der Waals surface area (Å²) in [6.07, 6.45) is 1.81. The first-order chi connectivity index (χ1) is 8.19. The van der Waals surface area contributed by atoms with Crippen LogP contribution in [0, 0.1) is 5.41 Å². The van der Waals surface area contributed by atoms with E-state index in [0.29, 0.717) is 13.1 Å². The molecule has 18 heavy (non-hydrogen) atoms. The standard InChI is InChI=1S/C11H22N2O4S/c1-4-12(8-10(14)15)18(16,17)13-7-5-6-11(2,3)9-13/h4-9H2,1-3H3,(H,14,15). The van der Waals surface area contributed by atoms with Crippen LogP contribution in [-0.2, 0) is 15.0 Å². The normalized spacial score (nSPS) is 21.1. The Kier molecular flexibility index (Phi) is 4.74. The molecule has 6 nitrogen and oxygen atoms in total. The van der Waals surface area contributed by atoms with Crippen molar-refractivity contribution in [2.24, 2.45) is 5.41 Å². The third-order valence-corrected chi connectivity index (χ3v) is 5.19. The second kappa shape index (κ2) is 5.54. The number of hydrogen-bond acceptors (Lipinski definition) is 3. The highest BCUT2D eigenvalue weighted by molar-refractivity contribution is 7.86. The molecule has 0 amide bonds. The Bertz CT molecular complexity index is 405. The zero-order valence-corrected chi connectivity index (χ0v) is 12.0. The van der Waals surface area contributed by atoms with Gasteiger partial charge in [0.15, 0.2) is 0 Å². The quantitative estimate of drug-likeness (QED) is 0.805. The molecule has 1 fully saturated rings. The molecule has 1 rings (SSSR count). The third kappa shape index (κ3) is 3.66. The number of hydrogen-bond donors (Lipinski definition) is 1. The zero-order valence-electron chi connectivity index (χ0n) is 11.2. The van der Waals surface area contributed by atoms with Crippen LogP contribution in [0.1, 0.15) is 33.6 Å². The molecule has 0 atom stereocenters. The largest absolute Gasteiger partial charge is 0.480 e. The van der Waals surface area contributed by atoms with Crippen LogP contribution in [0.4, 0.5) is 0 Å². The molecule has 0 unspecified atom stereocenters. The Hall–Kier alpha value is -0.660. The van der Waals surface area contributed by atoms with Crippen molar-refractivity contribution in [2.45, 2.75) is 33.6 Å². The van der Waals surface area contributed by atoms with Gasteiger partial charge in [0.25, 0.3) is 10.2 Å². The van der Waals surface area contributed by atoms with E-state index in [2.05, 4.69) is 0 Å². The van der Waals surface area contributed by atoms with Gasteiger partial charge in [0.05, 0.1) is 0 Å². The number of carboxylic acids is 1. The Balaban J connectivity index is 2.87. The number of nitrogens with zero attached hydrogens (tertiary/aromatic N) is 2. The van der Waals surface area contributed by atoms with Crippen molar-refractivity contribution < 1.29 is 18.3 Å². The van der Waals surface area contributed by atoms with E-state index in [1.807, 2.05) is 13.8 Å². The van der Waals surface area contributed by atoms with E-state index < -0.39 is 22.7 Å². The van der Waals surface area contributed by atoms with Crippen LogP contribution in [0.3, 0.4) is 0 Å². The molecule has 0 radical (unpaired) electrons. The van der Waals surface area contributed by atoms with E-state index in [1.165, 1.54) is 4.31 Å². The van der Waals surface area contributed by atoms with E-state index in [9.17, 15) is 13.2 Å². The molecule has 0 aromatic carbocycles. The zero-order chi connectivity index (χ0) is 14.0. The summed E-state index contributed by atoms with van der Waals surface area (Å²) in [5, 5.41) is 8.75. The maximum Gasteiger partial charge on any atom is 0.318 e. The van der Waals surface area contributed by atoms with Crippen LogP contribution in [0.5, 0.6) is 0 Å². The van der Waals surface area contributed by atoms with E-state index in [-0.39, 0.29) is 12.0 Å². The van der Waals surface area contributed by atoms with Gasteiger partial charge >= 0.3 is 5.97 Å². The minimum absolute atomic E-state index is 0.0477. The lowest BCUT2D eigenvalue weighted by Crippen LogP contribution is -2.51. The van der Waals surface area contributed by atoms with Crippen molar-refractivity contribution >= 4 is 16.2 Å². The Morgan fingerprint density at radius 1 is 1.44 bits per heavy atom. The molecular formula is C11H22N2O4S. The fraction of sp³-hybridized carbons (Fsp3) is 0.909. The summed E-state index contributed by atoms with van der Waals surface area (Å²) < 4.78 is 27.1. The van der Waals surface area contributed by atoms with Crippen molar-refractivity contribution in [3.05, 3.63) is 0 Å². The van der Waals surface area contributed by atoms with E-state index in [1.54, 1.807) is 6.92 Å². The van der Waals surface area contributed by atoms with Gasteiger partial charge in [0, 0.05) is 19.6 Å². The molecule has 0 aromatic rings. The minimum Gasteiger partial charge on any atom is -0.480 e. The SMILES string of the molecule is CCN(CC(=O)O)S(=O)(=O)N1CCCC(C)(C)C1. The van der Waals surface area contributed by atoms with E-state index in [0.717, 1.165) is 17.1 Å². The number of rotatable bonds is 5. The van der Waals surface area contributed by atoms with Crippen LogP contribution >= 0.6 is 0 Å². The Morgan fingerprint density at radius 2 is 2.06 bits per heavy atom. The van der Waals surface area contributed by atoms with Gasteiger partial charge in [-0.1, -0.05) is 20.8 Å². The maximum absolute atomic E-state index is 12.3.